The molecule has 0 aliphatic rings. The summed E-state index contributed by atoms with van der Waals surface area (Å²) in [5.74, 6) is 0. The van der Waals surface area contributed by atoms with Crippen molar-refractivity contribution in [1.29, 1.82) is 0 Å². The molecule has 0 aromatic rings. The van der Waals surface area contributed by atoms with Crippen molar-refractivity contribution >= 4 is 0 Å². The Labute approximate surface area is 154 Å². The van der Waals surface area contributed by atoms with Gasteiger partial charge in [-0.3, -0.25) is 0 Å². The summed E-state index contributed by atoms with van der Waals surface area (Å²) >= 11 is 0. The number of hydrogen-bond donors (Lipinski definition) is 0. The molecule has 0 heterocycles. The van der Waals surface area contributed by atoms with Crippen LogP contribution < -0.4 is 0 Å². The number of allylic oxidation sites excluding steroid dienone is 12. The first-order valence-electron chi connectivity index (χ1n) is 9.37. The van der Waals surface area contributed by atoms with E-state index in [0.717, 1.165) is 11.1 Å². The van der Waals surface area contributed by atoms with Gasteiger partial charge in [0.2, 0.25) is 0 Å². The molecule has 0 bridgehead atoms. The highest BCUT2D eigenvalue weighted by molar-refractivity contribution is 5.41. The van der Waals surface area contributed by atoms with Gasteiger partial charge in [-0.05, 0) is 25.0 Å². The molecule has 0 saturated heterocycles. The van der Waals surface area contributed by atoms with Gasteiger partial charge in [-0.15, -0.1) is 0 Å². The smallest absolute Gasteiger partial charge is 0.0260 e. The van der Waals surface area contributed by atoms with E-state index >= 15 is 0 Å². The minimum atomic E-state index is 1.12. The zero-order chi connectivity index (χ0) is 20.2. The summed E-state index contributed by atoms with van der Waals surface area (Å²) in [5, 5.41) is 0. The summed E-state index contributed by atoms with van der Waals surface area (Å²) in [5.41, 5.74) is 2.24. The van der Waals surface area contributed by atoms with E-state index < -0.39 is 0 Å². The molecule has 0 spiro atoms. The van der Waals surface area contributed by atoms with Gasteiger partial charge in [0.15, 0.2) is 0 Å². The van der Waals surface area contributed by atoms with E-state index in [2.05, 4.69) is 25.3 Å². The van der Waals surface area contributed by atoms with E-state index in [4.69, 9.17) is 0 Å². The molecule has 0 radical (unpaired) electrons. The first kappa shape index (κ1) is 33.7. The van der Waals surface area contributed by atoms with E-state index in [1.54, 1.807) is 12.2 Å². The lowest BCUT2D eigenvalue weighted by molar-refractivity contribution is 1.50. The van der Waals surface area contributed by atoms with Gasteiger partial charge in [-0.25, -0.2) is 0 Å². The fraction of sp³-hybridized carbons (Fsp3) is 0.417. The van der Waals surface area contributed by atoms with Crippen molar-refractivity contribution in [2.75, 3.05) is 0 Å². The van der Waals surface area contributed by atoms with Crippen LogP contribution in [-0.2, 0) is 0 Å². The maximum atomic E-state index is 3.69. The highest BCUT2D eigenvalue weighted by Gasteiger charge is 1.85. The molecule has 0 atom stereocenters. The zero-order valence-corrected chi connectivity index (χ0v) is 18.2. The summed E-state index contributed by atoms with van der Waals surface area (Å²) < 4.78 is 0. The van der Waals surface area contributed by atoms with Gasteiger partial charge in [0, 0.05) is 0 Å². The zero-order valence-electron chi connectivity index (χ0n) is 18.2. The number of rotatable bonds is 6. The summed E-state index contributed by atoms with van der Waals surface area (Å²) in [7, 11) is 0. The maximum Gasteiger partial charge on any atom is -0.0260 e. The van der Waals surface area contributed by atoms with Crippen LogP contribution in [0.1, 0.15) is 69.2 Å². The minimum Gasteiger partial charge on any atom is -0.0990 e. The molecule has 0 unspecified atom stereocenters. The van der Waals surface area contributed by atoms with Crippen LogP contribution in [0.3, 0.4) is 0 Å². The van der Waals surface area contributed by atoms with Crippen LogP contribution in [0.4, 0.5) is 0 Å². The predicted octanol–water partition coefficient (Wildman–Crippen LogP) is 9.02. The number of hydrogen-bond acceptors (Lipinski definition) is 0. The van der Waals surface area contributed by atoms with Gasteiger partial charge in [0.05, 0.1) is 0 Å². The standard InChI is InChI=1S/C16H20.4C2H6/c1-5-9-15(10-6-2)13-14-16(11-7-3)12-8-4;4*1-2/h5-14H,1,3H2,2,4H3;4*1-2H3/b10-6-,12-8-,14-13-,15-9+,16-11+;;;;. The van der Waals surface area contributed by atoms with Gasteiger partial charge in [0.25, 0.3) is 0 Å². The third kappa shape index (κ3) is 32.2. The van der Waals surface area contributed by atoms with Gasteiger partial charge in [-0.2, -0.15) is 0 Å². The Hall–Kier alpha value is -1.82. The Balaban J connectivity index is -0.000000130. The van der Waals surface area contributed by atoms with E-state index in [9.17, 15) is 0 Å². The molecule has 0 aromatic heterocycles. The van der Waals surface area contributed by atoms with E-state index in [1.165, 1.54) is 0 Å². The molecule has 0 saturated carbocycles. The highest BCUT2D eigenvalue weighted by atomic mass is 13.9. The third-order valence-corrected chi connectivity index (χ3v) is 1.81. The average molecular weight is 333 g/mol. The van der Waals surface area contributed by atoms with Crippen LogP contribution >= 0.6 is 0 Å². The molecule has 0 aromatic carbocycles. The molecule has 0 rings (SSSR count). The van der Waals surface area contributed by atoms with Crippen LogP contribution in [0, 0.1) is 0 Å². The fourth-order valence-electron chi connectivity index (χ4n) is 1.18. The van der Waals surface area contributed by atoms with Crippen molar-refractivity contribution in [3.05, 3.63) is 85.1 Å². The molecule has 0 fully saturated rings. The van der Waals surface area contributed by atoms with Crippen molar-refractivity contribution < 1.29 is 0 Å². The topological polar surface area (TPSA) is 0 Å². The predicted molar refractivity (Wildman–Crippen MR) is 121 cm³/mol. The Morgan fingerprint density at radius 1 is 0.500 bits per heavy atom. The minimum absolute atomic E-state index is 1.12. The van der Waals surface area contributed by atoms with Crippen molar-refractivity contribution in [2.45, 2.75) is 69.2 Å². The van der Waals surface area contributed by atoms with Crippen LogP contribution in [0.25, 0.3) is 0 Å². The molecule has 0 nitrogen and oxygen atoms in total. The summed E-state index contributed by atoms with van der Waals surface area (Å²) in [6.07, 6.45) is 19.7. The molecule has 0 aliphatic heterocycles. The van der Waals surface area contributed by atoms with Crippen molar-refractivity contribution in [2.24, 2.45) is 0 Å². The molecular formula is C24H44. The van der Waals surface area contributed by atoms with Gasteiger partial charge < -0.3 is 0 Å². The van der Waals surface area contributed by atoms with Crippen LogP contribution in [0.2, 0.25) is 0 Å². The van der Waals surface area contributed by atoms with Gasteiger partial charge in [0.1, 0.15) is 0 Å². The summed E-state index contributed by atoms with van der Waals surface area (Å²) in [6.45, 7) is 27.4. The normalized spacial score (nSPS) is 10.4. The second-order valence-electron chi connectivity index (χ2n) is 3.14. The molecule has 0 heteroatoms. The molecular weight excluding hydrogens is 288 g/mol. The Morgan fingerprint density at radius 3 is 0.917 bits per heavy atom. The van der Waals surface area contributed by atoms with Crippen molar-refractivity contribution in [1.82, 2.24) is 0 Å². The first-order valence-corrected chi connectivity index (χ1v) is 9.37. The summed E-state index contributed by atoms with van der Waals surface area (Å²) in [4.78, 5) is 0. The molecule has 0 aliphatic carbocycles. The van der Waals surface area contributed by atoms with Crippen LogP contribution in [0.5, 0.6) is 0 Å². The molecule has 24 heavy (non-hydrogen) atoms. The molecule has 0 amide bonds. The quantitative estimate of drug-likeness (QED) is 0.425. The van der Waals surface area contributed by atoms with Gasteiger partial charge >= 0.3 is 0 Å². The van der Waals surface area contributed by atoms with Crippen LogP contribution in [-0.4, -0.2) is 0 Å². The van der Waals surface area contributed by atoms with Crippen molar-refractivity contribution in [3.8, 4) is 0 Å². The van der Waals surface area contributed by atoms with E-state index in [-0.39, 0.29) is 0 Å². The van der Waals surface area contributed by atoms with Crippen LogP contribution in [0.15, 0.2) is 85.1 Å². The highest BCUT2D eigenvalue weighted by Crippen LogP contribution is 2.06. The van der Waals surface area contributed by atoms with E-state index in [1.807, 2.05) is 106 Å². The van der Waals surface area contributed by atoms with Crippen molar-refractivity contribution in [3.63, 3.8) is 0 Å². The lowest BCUT2D eigenvalue weighted by atomic mass is 10.1. The second kappa shape index (κ2) is 42.9. The third-order valence-electron chi connectivity index (χ3n) is 1.81. The first-order chi connectivity index (χ1) is 11.8. The monoisotopic (exact) mass is 332 g/mol. The molecule has 140 valence electrons. The van der Waals surface area contributed by atoms with Gasteiger partial charge in [-0.1, -0.05) is 129 Å². The SMILES string of the molecule is C=C/C=C(\C=C/C)/C=C\C(\C=C/C)=C\C=C.CC.CC.CC.CC. The largest absolute Gasteiger partial charge is 0.0990 e. The lowest BCUT2D eigenvalue weighted by Gasteiger charge is -1.94. The second-order valence-corrected chi connectivity index (χ2v) is 3.14. The Bertz CT molecular complexity index is 321. The Morgan fingerprint density at radius 2 is 0.750 bits per heavy atom. The summed E-state index contributed by atoms with van der Waals surface area (Å²) in [6, 6.07) is 0. The lowest BCUT2D eigenvalue weighted by Crippen LogP contribution is -1.74. The van der Waals surface area contributed by atoms with E-state index in [0.29, 0.717) is 0 Å². The molecule has 0 N–H and O–H groups in total. The average Bonchev–Trinajstić information content (AvgIpc) is 2.67. The maximum absolute atomic E-state index is 3.69. The Kier molecular flexibility index (Phi) is 60.3. The fourth-order valence-corrected chi connectivity index (χ4v) is 1.18.